The second-order valence-electron chi connectivity index (χ2n) is 10.8. The number of aliphatic hydroxyl groups is 1. The van der Waals surface area contributed by atoms with Gasteiger partial charge in [0.2, 0.25) is 11.8 Å². The number of nitrogens with two attached hydrogens (primary N) is 1. The van der Waals surface area contributed by atoms with Crippen LogP contribution in [0.3, 0.4) is 0 Å². The molecule has 0 aliphatic carbocycles. The highest BCUT2D eigenvalue weighted by Crippen LogP contribution is 2.45. The summed E-state index contributed by atoms with van der Waals surface area (Å²) in [5.41, 5.74) is -0.831. The largest absolute Gasteiger partial charge is 0.474 e. The molecule has 0 spiro atoms. The molecule has 17 heteroatoms. The lowest BCUT2D eigenvalue weighted by atomic mass is 9.86. The van der Waals surface area contributed by atoms with Crippen molar-refractivity contribution in [3.8, 4) is 17.1 Å². The molecule has 5 rings (SSSR count). The highest BCUT2D eigenvalue weighted by atomic mass is 19.4. The highest BCUT2D eigenvalue weighted by molar-refractivity contribution is 5.97. The fourth-order valence-corrected chi connectivity index (χ4v) is 5.39. The smallest absolute Gasteiger partial charge is 0.417 e. The third-order valence-electron chi connectivity index (χ3n) is 7.83. The summed E-state index contributed by atoms with van der Waals surface area (Å²) in [5, 5.41) is 16.3. The maximum atomic E-state index is 16.6. The molecule has 5 N–H and O–H groups in total. The average molecular weight is 664 g/mol. The van der Waals surface area contributed by atoms with Gasteiger partial charge in [-0.3, -0.25) is 0 Å². The van der Waals surface area contributed by atoms with Crippen molar-refractivity contribution in [3.05, 3.63) is 28.8 Å². The number of ether oxygens (including phenoxy) is 2. The molecule has 2 atom stereocenters. The van der Waals surface area contributed by atoms with Crippen molar-refractivity contribution < 1.29 is 45.3 Å². The van der Waals surface area contributed by atoms with Gasteiger partial charge in [0.05, 0.1) is 36.1 Å². The zero-order valence-corrected chi connectivity index (χ0v) is 25.7. The number of rotatable bonds is 6. The molecule has 1 fully saturated rings. The summed E-state index contributed by atoms with van der Waals surface area (Å²) in [5.74, 6) is -3.10. The number of hydrogen-bond acceptors (Lipinski definition) is 10. The van der Waals surface area contributed by atoms with E-state index in [1.807, 2.05) is 13.8 Å². The number of halogens is 7. The van der Waals surface area contributed by atoms with E-state index in [1.54, 1.807) is 6.92 Å². The zero-order valence-electron chi connectivity index (χ0n) is 25.7. The molecular formula is C29H36F7N7O3. The van der Waals surface area contributed by atoms with Crippen LogP contribution in [0.25, 0.3) is 22.2 Å². The Morgan fingerprint density at radius 2 is 1.87 bits per heavy atom. The average Bonchev–Trinajstić information content (AvgIpc) is 3.02. The van der Waals surface area contributed by atoms with Crippen molar-refractivity contribution in [2.24, 2.45) is 0 Å². The van der Waals surface area contributed by atoms with E-state index < -0.39 is 82.9 Å². The van der Waals surface area contributed by atoms with Crippen molar-refractivity contribution in [1.29, 1.82) is 0 Å². The highest BCUT2D eigenvalue weighted by Gasteiger charge is 2.47. The zero-order chi connectivity index (χ0) is 34.0. The van der Waals surface area contributed by atoms with E-state index in [0.29, 0.717) is 25.6 Å². The van der Waals surface area contributed by atoms with Crippen LogP contribution >= 0.6 is 0 Å². The number of aliphatic hydroxyl groups excluding tert-OH is 1. The van der Waals surface area contributed by atoms with Crippen molar-refractivity contribution in [1.82, 2.24) is 20.3 Å². The Kier molecular flexibility index (Phi) is 10.7. The summed E-state index contributed by atoms with van der Waals surface area (Å²) in [6.45, 7) is 3.61. The van der Waals surface area contributed by atoms with E-state index in [0.717, 1.165) is 6.92 Å². The van der Waals surface area contributed by atoms with Gasteiger partial charge in [-0.2, -0.15) is 26.9 Å². The van der Waals surface area contributed by atoms with E-state index >= 15 is 4.39 Å². The summed E-state index contributed by atoms with van der Waals surface area (Å²) < 4.78 is 110. The maximum absolute atomic E-state index is 16.6. The Morgan fingerprint density at radius 3 is 2.48 bits per heavy atom. The molecule has 0 saturated carbocycles. The molecule has 2 aliphatic heterocycles. The molecule has 2 aromatic heterocycles. The van der Waals surface area contributed by atoms with Crippen molar-refractivity contribution in [2.45, 2.75) is 65.0 Å². The Morgan fingerprint density at radius 1 is 1.15 bits per heavy atom. The second kappa shape index (κ2) is 14.0. The molecule has 46 heavy (non-hydrogen) atoms. The minimum absolute atomic E-state index is 0.00760. The number of benzene rings is 1. The topological polar surface area (TPSA) is 131 Å². The number of pyridine rings is 1. The summed E-state index contributed by atoms with van der Waals surface area (Å²) in [7, 11) is 0. The molecule has 0 bridgehead atoms. The van der Waals surface area contributed by atoms with Gasteiger partial charge in [-0.25, -0.2) is 18.7 Å². The number of nitrogen functional groups attached to an aromatic ring is 1. The van der Waals surface area contributed by atoms with Crippen molar-refractivity contribution in [3.63, 3.8) is 0 Å². The molecule has 1 aromatic carbocycles. The van der Waals surface area contributed by atoms with Crippen LogP contribution < -0.4 is 26.0 Å². The number of alkyl halides is 5. The molecule has 1 saturated heterocycles. The van der Waals surface area contributed by atoms with Gasteiger partial charge in [-0.1, -0.05) is 13.8 Å². The first-order valence-corrected chi connectivity index (χ1v) is 14.7. The molecule has 254 valence electrons. The second-order valence-corrected chi connectivity index (χ2v) is 10.8. The Bertz CT molecular complexity index is 1560. The Labute approximate surface area is 260 Å². The molecule has 10 nitrogen and oxygen atoms in total. The quantitative estimate of drug-likeness (QED) is 0.205. The predicted octanol–water partition coefficient (Wildman–Crippen LogP) is 5.26. The first-order valence-electron chi connectivity index (χ1n) is 14.7. The summed E-state index contributed by atoms with van der Waals surface area (Å²) in [6.07, 6.45) is -5.00. The Balaban J connectivity index is 0.00000235. The van der Waals surface area contributed by atoms with Crippen LogP contribution in [0.2, 0.25) is 0 Å². The minimum Gasteiger partial charge on any atom is -0.474 e. The van der Waals surface area contributed by atoms with Gasteiger partial charge >= 0.3 is 12.8 Å². The van der Waals surface area contributed by atoms with Gasteiger partial charge in [-0.15, -0.1) is 0 Å². The number of nitrogens with zero attached hydrogens (tertiary/aromatic N) is 4. The van der Waals surface area contributed by atoms with Gasteiger partial charge in [0.1, 0.15) is 28.2 Å². The fourth-order valence-electron chi connectivity index (χ4n) is 5.39. The predicted molar refractivity (Wildman–Crippen MR) is 158 cm³/mol. The third-order valence-corrected chi connectivity index (χ3v) is 7.83. The Hall–Kier alpha value is -3.70. The standard InChI is InChI=1S/C27H30F7N7O3.C2H6/c1-12-3-5-36-6-7-37-22-16-21(39-25(40-22)41-8-4-26(41,10-42)11-43-24(30)31)19(29)20(38-23(16)44-12)14-9-15(35)18(28)13(2)17(14)27(32,33)34;1-2/h9,12,24,36,42H,3-8,10-11,35H2,1-2H3,(H,37,39,40);1-2H3. The summed E-state index contributed by atoms with van der Waals surface area (Å²) in [6, 6.07) is 0.656. The van der Waals surface area contributed by atoms with Crippen LogP contribution in [-0.2, 0) is 10.9 Å². The van der Waals surface area contributed by atoms with Crippen LogP contribution in [0.15, 0.2) is 6.07 Å². The van der Waals surface area contributed by atoms with Crippen LogP contribution in [0.1, 0.15) is 44.7 Å². The van der Waals surface area contributed by atoms with E-state index in [4.69, 9.17) is 10.5 Å². The molecule has 3 aromatic rings. The van der Waals surface area contributed by atoms with E-state index in [-0.39, 0.29) is 42.5 Å². The van der Waals surface area contributed by atoms with Crippen molar-refractivity contribution in [2.75, 3.05) is 55.3 Å². The van der Waals surface area contributed by atoms with E-state index in [2.05, 4.69) is 30.3 Å². The van der Waals surface area contributed by atoms with Gasteiger partial charge in [0.25, 0.3) is 0 Å². The molecule has 4 heterocycles. The van der Waals surface area contributed by atoms with Gasteiger partial charge in [0, 0.05) is 25.2 Å². The van der Waals surface area contributed by atoms with Gasteiger partial charge in [-0.05, 0) is 44.9 Å². The molecule has 0 amide bonds. The first kappa shape index (κ1) is 35.2. The van der Waals surface area contributed by atoms with E-state index in [1.165, 1.54) is 4.90 Å². The van der Waals surface area contributed by atoms with E-state index in [9.17, 15) is 31.4 Å². The number of hydrogen-bond donors (Lipinski definition) is 4. The van der Waals surface area contributed by atoms with Gasteiger partial charge in [0.15, 0.2) is 5.82 Å². The summed E-state index contributed by atoms with van der Waals surface area (Å²) in [4.78, 5) is 14.3. The minimum atomic E-state index is -5.12. The van der Waals surface area contributed by atoms with Gasteiger partial charge < -0.3 is 35.8 Å². The number of nitrogens with one attached hydrogen (secondary N) is 2. The molecule has 0 radical (unpaired) electrons. The lowest BCUT2D eigenvalue weighted by molar-refractivity contribution is -0.150. The molecule has 2 aliphatic rings. The monoisotopic (exact) mass is 663 g/mol. The maximum Gasteiger partial charge on any atom is 0.417 e. The van der Waals surface area contributed by atoms with Crippen LogP contribution in [-0.4, -0.2) is 77.7 Å². The SMILES string of the molecule is CC.Cc1c(F)c(N)cc(-c2nc3c4c(nc(N5CCC5(CO)COC(F)F)nc4c2F)NCCNCCC(C)O3)c1C(F)(F)F. The van der Waals surface area contributed by atoms with Crippen molar-refractivity contribution >= 4 is 28.4 Å². The van der Waals surface area contributed by atoms with Crippen LogP contribution in [0, 0.1) is 18.6 Å². The number of anilines is 3. The lowest BCUT2D eigenvalue weighted by Crippen LogP contribution is -2.66. The lowest BCUT2D eigenvalue weighted by Gasteiger charge is -2.51. The molecule has 2 unspecified atom stereocenters. The number of aromatic nitrogens is 3. The third kappa shape index (κ3) is 6.71. The normalized spacial score (nSPS) is 20.3. The first-order chi connectivity index (χ1) is 21.8. The molecular weight excluding hydrogens is 627 g/mol. The van der Waals surface area contributed by atoms with Crippen LogP contribution in [0.5, 0.6) is 5.88 Å². The van der Waals surface area contributed by atoms with Crippen LogP contribution in [0.4, 0.5) is 48.2 Å². The fraction of sp³-hybridized carbons (Fsp3) is 0.552. The summed E-state index contributed by atoms with van der Waals surface area (Å²) >= 11 is 0.